The van der Waals surface area contributed by atoms with Crippen LogP contribution in [0, 0.1) is 5.92 Å². The summed E-state index contributed by atoms with van der Waals surface area (Å²) < 4.78 is 6.41. The Morgan fingerprint density at radius 1 is 1.16 bits per heavy atom. The van der Waals surface area contributed by atoms with Gasteiger partial charge in [-0.15, -0.1) is 0 Å². The number of fused-ring (bicyclic) bond motifs is 1. The number of hydrogen-bond donors (Lipinski definition) is 1. The number of nitrogens with one attached hydrogen (secondary N) is 1. The van der Waals surface area contributed by atoms with Crippen LogP contribution in [0.5, 0.6) is 0 Å². The Balaban J connectivity index is 1.47. The Kier molecular flexibility index (Phi) is 4.94. The van der Waals surface area contributed by atoms with Gasteiger partial charge in [-0.2, -0.15) is 0 Å². The van der Waals surface area contributed by atoms with Gasteiger partial charge in [0.15, 0.2) is 0 Å². The molecule has 31 heavy (non-hydrogen) atoms. The molecule has 1 N–H and O–H groups in total. The first-order valence-electron chi connectivity index (χ1n) is 11.1. The number of rotatable bonds is 4. The van der Waals surface area contributed by atoms with Gasteiger partial charge in [0.2, 0.25) is 0 Å². The minimum Gasteiger partial charge on any atom is -0.373 e. The van der Waals surface area contributed by atoms with E-state index in [0.717, 1.165) is 22.4 Å². The van der Waals surface area contributed by atoms with Gasteiger partial charge in [0.05, 0.1) is 12.2 Å². The maximum Gasteiger partial charge on any atom is 0.259 e. The van der Waals surface area contributed by atoms with Crippen LogP contribution in [0.3, 0.4) is 0 Å². The molecule has 2 atom stereocenters. The number of para-hydroxylation sites is 1. The lowest BCUT2D eigenvalue weighted by Gasteiger charge is -2.37. The molecule has 160 valence electrons. The highest BCUT2D eigenvalue weighted by Gasteiger charge is 2.51. The topological polar surface area (TPSA) is 58.6 Å². The van der Waals surface area contributed by atoms with E-state index in [-0.39, 0.29) is 11.8 Å². The largest absolute Gasteiger partial charge is 0.373 e. The van der Waals surface area contributed by atoms with Crippen molar-refractivity contribution < 1.29 is 14.3 Å². The number of nitrogens with zero attached hydrogens (tertiary/aromatic N) is 1. The summed E-state index contributed by atoms with van der Waals surface area (Å²) in [5.41, 5.74) is 4.03. The summed E-state index contributed by atoms with van der Waals surface area (Å²) in [7, 11) is 0. The Bertz CT molecular complexity index is 1030. The normalized spacial score (nSPS) is 24.9. The van der Waals surface area contributed by atoms with Crippen molar-refractivity contribution in [2.75, 3.05) is 18.5 Å². The van der Waals surface area contributed by atoms with Crippen molar-refractivity contribution in [1.82, 2.24) is 4.90 Å². The SMILES string of the molecule is CC(C)CC1(c2ccccc2)OCC2=C1C(=O)N(C(=O)C1Cc3ccccc3N1)CC2. The highest BCUT2D eigenvalue weighted by Crippen LogP contribution is 2.48. The molecule has 2 aromatic carbocycles. The van der Waals surface area contributed by atoms with E-state index in [1.165, 1.54) is 4.90 Å². The zero-order valence-electron chi connectivity index (χ0n) is 18.1. The highest BCUT2D eigenvalue weighted by molar-refractivity contribution is 6.09. The molecule has 2 amide bonds. The quantitative estimate of drug-likeness (QED) is 0.764. The van der Waals surface area contributed by atoms with Crippen molar-refractivity contribution >= 4 is 17.5 Å². The molecule has 5 nitrogen and oxygen atoms in total. The van der Waals surface area contributed by atoms with Crippen LogP contribution in [-0.4, -0.2) is 35.9 Å². The van der Waals surface area contributed by atoms with E-state index < -0.39 is 11.6 Å². The summed E-state index contributed by atoms with van der Waals surface area (Å²) in [6.07, 6.45) is 1.99. The van der Waals surface area contributed by atoms with E-state index >= 15 is 0 Å². The van der Waals surface area contributed by atoms with Crippen molar-refractivity contribution in [1.29, 1.82) is 0 Å². The second kappa shape index (κ2) is 7.65. The van der Waals surface area contributed by atoms with Crippen LogP contribution in [0.1, 0.15) is 37.8 Å². The molecule has 3 aliphatic rings. The van der Waals surface area contributed by atoms with E-state index in [2.05, 4.69) is 19.2 Å². The van der Waals surface area contributed by atoms with Crippen molar-refractivity contribution in [2.24, 2.45) is 5.92 Å². The Morgan fingerprint density at radius 2 is 1.90 bits per heavy atom. The molecule has 2 unspecified atom stereocenters. The molecule has 0 radical (unpaired) electrons. The van der Waals surface area contributed by atoms with Gasteiger partial charge in [-0.3, -0.25) is 14.5 Å². The van der Waals surface area contributed by atoms with Crippen molar-refractivity contribution in [3.8, 4) is 0 Å². The minimum atomic E-state index is -0.785. The van der Waals surface area contributed by atoms with Gasteiger partial charge in [-0.1, -0.05) is 62.4 Å². The first-order chi connectivity index (χ1) is 15.0. The van der Waals surface area contributed by atoms with Crippen LogP contribution in [0.15, 0.2) is 65.7 Å². The average Bonchev–Trinajstić information content (AvgIpc) is 3.37. The van der Waals surface area contributed by atoms with E-state index in [9.17, 15) is 9.59 Å². The molecular formula is C26H28N2O3. The molecule has 3 heterocycles. The van der Waals surface area contributed by atoms with Crippen molar-refractivity contribution in [3.63, 3.8) is 0 Å². The molecule has 0 saturated carbocycles. The first kappa shape index (κ1) is 20.0. The zero-order valence-corrected chi connectivity index (χ0v) is 18.1. The third kappa shape index (κ3) is 3.28. The van der Waals surface area contributed by atoms with E-state index in [0.29, 0.717) is 43.9 Å². The summed E-state index contributed by atoms with van der Waals surface area (Å²) in [4.78, 5) is 28.7. The molecule has 0 spiro atoms. The molecule has 5 rings (SSSR count). The van der Waals surface area contributed by atoms with E-state index in [1.54, 1.807) is 0 Å². The lowest BCUT2D eigenvalue weighted by Crippen LogP contribution is -2.50. The molecule has 0 aromatic heterocycles. The number of ether oxygens (including phenoxy) is 1. The number of carbonyl (C=O) groups is 2. The minimum absolute atomic E-state index is 0.147. The van der Waals surface area contributed by atoms with Crippen LogP contribution in [-0.2, 0) is 26.3 Å². The average molecular weight is 417 g/mol. The highest BCUT2D eigenvalue weighted by atomic mass is 16.5. The smallest absolute Gasteiger partial charge is 0.259 e. The number of benzene rings is 2. The fourth-order valence-electron chi connectivity index (χ4n) is 5.28. The molecule has 5 heteroatoms. The van der Waals surface area contributed by atoms with Gasteiger partial charge in [-0.05, 0) is 41.5 Å². The fourth-order valence-corrected chi connectivity index (χ4v) is 5.28. The van der Waals surface area contributed by atoms with Gasteiger partial charge in [0.25, 0.3) is 11.8 Å². The van der Waals surface area contributed by atoms with Gasteiger partial charge in [0, 0.05) is 18.7 Å². The number of hydrogen-bond acceptors (Lipinski definition) is 4. The second-order valence-electron chi connectivity index (χ2n) is 9.16. The van der Waals surface area contributed by atoms with Crippen LogP contribution in [0.2, 0.25) is 0 Å². The Labute approximate surface area is 183 Å². The summed E-state index contributed by atoms with van der Waals surface area (Å²) in [6, 6.07) is 17.5. The Hall–Kier alpha value is -2.92. The number of anilines is 1. The lowest BCUT2D eigenvalue weighted by atomic mass is 9.77. The molecule has 3 aliphatic heterocycles. The second-order valence-corrected chi connectivity index (χ2v) is 9.16. The van der Waals surface area contributed by atoms with Crippen molar-refractivity contribution in [2.45, 2.75) is 44.8 Å². The van der Waals surface area contributed by atoms with E-state index in [4.69, 9.17) is 4.74 Å². The summed E-state index contributed by atoms with van der Waals surface area (Å²) in [5, 5.41) is 3.31. The lowest BCUT2D eigenvalue weighted by molar-refractivity contribution is -0.144. The Morgan fingerprint density at radius 3 is 2.65 bits per heavy atom. The molecular weight excluding hydrogens is 388 g/mol. The third-order valence-corrected chi connectivity index (χ3v) is 6.62. The van der Waals surface area contributed by atoms with Crippen LogP contribution < -0.4 is 5.32 Å². The number of amides is 2. The molecule has 0 saturated heterocycles. The van der Waals surface area contributed by atoms with Gasteiger partial charge < -0.3 is 10.1 Å². The van der Waals surface area contributed by atoms with Crippen LogP contribution >= 0.6 is 0 Å². The summed E-state index contributed by atoms with van der Waals surface area (Å²) >= 11 is 0. The predicted octanol–water partition coefficient (Wildman–Crippen LogP) is 4.05. The number of carbonyl (C=O) groups excluding carboxylic acids is 2. The van der Waals surface area contributed by atoms with Crippen LogP contribution in [0.4, 0.5) is 5.69 Å². The van der Waals surface area contributed by atoms with Gasteiger partial charge in [0.1, 0.15) is 11.6 Å². The van der Waals surface area contributed by atoms with Crippen molar-refractivity contribution in [3.05, 3.63) is 76.9 Å². The van der Waals surface area contributed by atoms with Gasteiger partial charge >= 0.3 is 0 Å². The first-order valence-corrected chi connectivity index (χ1v) is 11.1. The standard InChI is InChI=1S/C26H28N2O3/c1-17(2)15-26(20-9-4-3-5-10-20)23-19(16-31-26)12-13-28(25(23)30)24(29)22-14-18-8-6-7-11-21(18)27-22/h3-11,17,22,27H,12-16H2,1-2H3. The monoisotopic (exact) mass is 416 g/mol. The fraction of sp³-hybridized carbons (Fsp3) is 0.385. The zero-order chi connectivity index (χ0) is 21.6. The predicted molar refractivity (Wildman–Crippen MR) is 119 cm³/mol. The van der Waals surface area contributed by atoms with E-state index in [1.807, 2.05) is 54.6 Å². The van der Waals surface area contributed by atoms with Gasteiger partial charge in [-0.25, -0.2) is 0 Å². The third-order valence-electron chi connectivity index (χ3n) is 6.62. The number of imide groups is 1. The molecule has 0 aliphatic carbocycles. The summed E-state index contributed by atoms with van der Waals surface area (Å²) in [6.45, 7) is 5.16. The molecule has 0 bridgehead atoms. The molecule has 2 aromatic rings. The molecule has 0 fully saturated rings. The maximum absolute atomic E-state index is 13.8. The maximum atomic E-state index is 13.8. The van der Waals surface area contributed by atoms with Crippen LogP contribution in [0.25, 0.3) is 0 Å². The summed E-state index contributed by atoms with van der Waals surface area (Å²) in [5.74, 6) is -0.00546.